The molecular weight excluding hydrogens is 1150 g/mol. The van der Waals surface area contributed by atoms with Gasteiger partial charge in [0.1, 0.15) is 46.0 Å². The van der Waals surface area contributed by atoms with Crippen LogP contribution in [-0.2, 0) is 0 Å². The Morgan fingerprint density at radius 3 is 0.968 bits per heavy atom. The molecule has 14 aromatic carbocycles. The fraction of sp³-hybridized carbons (Fsp3) is 0. The predicted molar refractivity (Wildman–Crippen MR) is 385 cm³/mol. The van der Waals surface area contributed by atoms with Crippen LogP contribution in [0.3, 0.4) is 0 Å². The third-order valence-corrected chi connectivity index (χ3v) is 20.5. The first-order chi connectivity index (χ1) is 46.6. The first kappa shape index (κ1) is 50.4. The van der Waals surface area contributed by atoms with E-state index in [-0.39, 0.29) is 13.4 Å². The second-order valence-corrected chi connectivity index (χ2v) is 25.4. The highest BCUT2D eigenvalue weighted by molar-refractivity contribution is 6.99. The van der Waals surface area contributed by atoms with Crippen molar-refractivity contribution in [1.29, 1.82) is 0 Å². The van der Waals surface area contributed by atoms with Gasteiger partial charge in [0.2, 0.25) is 0 Å². The van der Waals surface area contributed by atoms with Crippen LogP contribution in [-0.4, -0.2) is 31.7 Å². The lowest BCUT2D eigenvalue weighted by Crippen LogP contribution is -2.57. The van der Waals surface area contributed by atoms with Gasteiger partial charge < -0.3 is 37.2 Å². The minimum Gasteiger partial charge on any atom is -0.458 e. The van der Waals surface area contributed by atoms with E-state index in [0.29, 0.717) is 0 Å². The van der Waals surface area contributed by atoms with Gasteiger partial charge in [0.05, 0.1) is 44.1 Å². The third kappa shape index (κ3) is 6.87. The Bertz CT molecular complexity index is 6380. The van der Waals surface area contributed by atoms with Crippen LogP contribution in [0.15, 0.2) is 291 Å². The topological polar surface area (TPSA) is 56.6 Å². The highest BCUT2D eigenvalue weighted by atomic mass is 16.5. The molecule has 4 aromatic heterocycles. The highest BCUT2D eigenvalue weighted by Crippen LogP contribution is 2.46. The molecule has 0 N–H and O–H groups in total. The standard InChI is InChI=1S/C84H48B2N4O4/c1-4-20-51(21-5-1)87-68-31-14-12-29-57(68)61-43-79-65(45-71(61)87)86-66-46-72-62(44-80(66)92-76-34-17-33-75(91-79)84(76)86)58-40-50(37-38-70(58)89(72)53-24-8-3-9-25-53)49-19-16-26-54(39-49)90-69-32-15-11-28-56(69)60-42-64-82(48-74(60)90)94-78-36-18-35-77-83(78)85(64)63-41-59-55-27-10-13-30-67(55)88(52-22-6-2-7-23-52)73(59)47-81(63)93-77/h1-48H. The van der Waals surface area contributed by atoms with Crippen molar-refractivity contribution in [2.24, 2.45) is 0 Å². The van der Waals surface area contributed by atoms with Crippen LogP contribution in [0.2, 0.25) is 0 Å². The predicted octanol–water partition coefficient (Wildman–Crippen LogP) is 17.2. The smallest absolute Gasteiger partial charge is 0.260 e. The summed E-state index contributed by atoms with van der Waals surface area (Å²) in [6.07, 6.45) is 0. The molecule has 0 saturated carbocycles. The van der Waals surface area contributed by atoms with E-state index in [1.165, 1.54) is 21.5 Å². The molecule has 0 aliphatic carbocycles. The van der Waals surface area contributed by atoms with E-state index in [9.17, 15) is 0 Å². The van der Waals surface area contributed by atoms with Gasteiger partial charge in [-0.2, -0.15) is 0 Å². The Balaban J connectivity index is 0.697. The molecule has 0 spiro atoms. The summed E-state index contributed by atoms with van der Waals surface area (Å²) in [5.74, 6) is 6.64. The highest BCUT2D eigenvalue weighted by Gasteiger charge is 2.43. The summed E-state index contributed by atoms with van der Waals surface area (Å²) in [4.78, 5) is 0. The Hall–Kier alpha value is -12.4. The van der Waals surface area contributed by atoms with E-state index in [1.807, 2.05) is 12.1 Å². The van der Waals surface area contributed by atoms with Crippen molar-refractivity contribution in [3.05, 3.63) is 291 Å². The lowest BCUT2D eigenvalue weighted by atomic mass is 9.34. The van der Waals surface area contributed by atoms with Crippen molar-refractivity contribution in [1.82, 2.24) is 18.3 Å². The van der Waals surface area contributed by atoms with Crippen LogP contribution in [0.1, 0.15) is 0 Å². The van der Waals surface area contributed by atoms with Crippen molar-refractivity contribution in [3.8, 4) is 79.9 Å². The van der Waals surface area contributed by atoms with Gasteiger partial charge in [-0.25, -0.2) is 0 Å². The number of hydrogen-bond acceptors (Lipinski definition) is 4. The summed E-state index contributed by atoms with van der Waals surface area (Å²) in [5.41, 5.74) is 22.1. The number of fused-ring (bicyclic) bond motifs is 20. The maximum atomic E-state index is 7.10. The molecule has 0 bridgehead atoms. The van der Waals surface area contributed by atoms with E-state index < -0.39 is 0 Å². The first-order valence-electron chi connectivity index (χ1n) is 32.2. The van der Waals surface area contributed by atoms with Gasteiger partial charge in [0, 0.05) is 88.9 Å². The molecule has 0 radical (unpaired) electrons. The average molecular weight is 1200 g/mol. The molecule has 22 rings (SSSR count). The molecule has 0 unspecified atom stereocenters. The van der Waals surface area contributed by atoms with E-state index in [1.54, 1.807) is 0 Å². The Labute approximate surface area is 538 Å². The second-order valence-electron chi connectivity index (χ2n) is 25.4. The number of benzene rings is 14. The molecule has 4 aliphatic heterocycles. The molecule has 434 valence electrons. The van der Waals surface area contributed by atoms with Gasteiger partial charge in [0.15, 0.2) is 0 Å². The number of aromatic nitrogens is 4. The van der Waals surface area contributed by atoms with Crippen LogP contribution < -0.4 is 51.7 Å². The molecule has 0 saturated heterocycles. The van der Waals surface area contributed by atoms with E-state index in [2.05, 4.69) is 297 Å². The number of hydrogen-bond donors (Lipinski definition) is 0. The van der Waals surface area contributed by atoms with Crippen molar-refractivity contribution in [2.45, 2.75) is 0 Å². The number of para-hydroxylation sites is 6. The largest absolute Gasteiger partial charge is 0.458 e. The normalized spacial score (nSPS) is 13.2. The van der Waals surface area contributed by atoms with Gasteiger partial charge >= 0.3 is 0 Å². The monoisotopic (exact) mass is 1200 g/mol. The summed E-state index contributed by atoms with van der Waals surface area (Å²) in [7, 11) is 0. The molecule has 4 aliphatic rings. The van der Waals surface area contributed by atoms with Crippen LogP contribution in [0.5, 0.6) is 46.0 Å². The van der Waals surface area contributed by atoms with Crippen LogP contribution >= 0.6 is 0 Å². The number of ether oxygens (including phenoxy) is 4. The minimum atomic E-state index is -0.165. The molecule has 8 heterocycles. The van der Waals surface area contributed by atoms with E-state index in [4.69, 9.17) is 18.9 Å². The lowest BCUT2D eigenvalue weighted by molar-refractivity contribution is 0.464. The Kier molecular flexibility index (Phi) is 9.98. The summed E-state index contributed by atoms with van der Waals surface area (Å²) < 4.78 is 37.7. The molecule has 0 atom stereocenters. The second kappa shape index (κ2) is 18.6. The SMILES string of the molecule is c1ccc(-n2c3ccccc3c3cc4c(cc32)Oc2cccc3c2B4c2cc4c5ccccc5n(-c5cccc(-c6ccc7c(c6)c6cc8c(cc6n7-c6ccccc6)B6c7cc9c(cc7Oc7cccc(c76)O8)c6ccccc6n9-c6ccccc6)c5)c4cc2O3)cc1. The zero-order chi connectivity index (χ0) is 61.0. The van der Waals surface area contributed by atoms with Gasteiger partial charge in [-0.1, -0.05) is 152 Å². The Morgan fingerprint density at radius 2 is 0.511 bits per heavy atom. The molecule has 0 fully saturated rings. The number of rotatable bonds is 5. The molecule has 94 heavy (non-hydrogen) atoms. The summed E-state index contributed by atoms with van der Waals surface area (Å²) in [6, 6.07) is 105. The molecule has 18 aromatic rings. The van der Waals surface area contributed by atoms with Crippen molar-refractivity contribution < 1.29 is 18.9 Å². The zero-order valence-electron chi connectivity index (χ0n) is 50.3. The van der Waals surface area contributed by atoms with Crippen LogP contribution in [0, 0.1) is 0 Å². The van der Waals surface area contributed by atoms with Gasteiger partial charge in [0.25, 0.3) is 13.4 Å². The molecule has 8 nitrogen and oxygen atoms in total. The van der Waals surface area contributed by atoms with Gasteiger partial charge in [-0.05, 0) is 160 Å². The van der Waals surface area contributed by atoms with Crippen molar-refractivity contribution >= 4 is 133 Å². The molecular formula is C84H48B2N4O4. The summed E-state index contributed by atoms with van der Waals surface area (Å²) >= 11 is 0. The maximum Gasteiger partial charge on any atom is 0.260 e. The van der Waals surface area contributed by atoms with Crippen LogP contribution in [0.4, 0.5) is 0 Å². The average Bonchev–Trinajstić information content (AvgIpc) is 1.29. The van der Waals surface area contributed by atoms with Gasteiger partial charge in [-0.3, -0.25) is 0 Å². The molecule has 10 heteroatoms. The fourth-order valence-corrected chi connectivity index (χ4v) is 16.6. The fourth-order valence-electron chi connectivity index (χ4n) is 16.6. The number of nitrogens with zero attached hydrogens (tertiary/aromatic N) is 4. The minimum absolute atomic E-state index is 0.134. The lowest BCUT2D eigenvalue weighted by Gasteiger charge is -2.33. The molecule has 0 amide bonds. The van der Waals surface area contributed by atoms with Gasteiger partial charge in [-0.15, -0.1) is 0 Å². The maximum absolute atomic E-state index is 7.10. The van der Waals surface area contributed by atoms with E-state index >= 15 is 0 Å². The Morgan fingerprint density at radius 1 is 0.191 bits per heavy atom. The van der Waals surface area contributed by atoms with Crippen LogP contribution in [0.25, 0.3) is 121 Å². The van der Waals surface area contributed by atoms with Crippen molar-refractivity contribution in [2.75, 3.05) is 0 Å². The summed E-state index contributed by atoms with van der Waals surface area (Å²) in [5, 5.41) is 9.29. The summed E-state index contributed by atoms with van der Waals surface area (Å²) in [6.45, 7) is -0.299. The quantitative estimate of drug-likeness (QED) is 0.161. The van der Waals surface area contributed by atoms with E-state index in [0.717, 1.165) is 178 Å². The van der Waals surface area contributed by atoms with Crippen molar-refractivity contribution in [3.63, 3.8) is 0 Å². The zero-order valence-corrected chi connectivity index (χ0v) is 50.3. The first-order valence-corrected chi connectivity index (χ1v) is 32.2. The third-order valence-electron chi connectivity index (χ3n) is 20.5.